The van der Waals surface area contributed by atoms with Gasteiger partial charge in [0, 0.05) is 5.39 Å². The Morgan fingerprint density at radius 1 is 1.38 bits per heavy atom. The van der Waals surface area contributed by atoms with Crippen molar-refractivity contribution < 1.29 is 13.9 Å². The van der Waals surface area contributed by atoms with Crippen LogP contribution in [0.4, 0.5) is 8.78 Å². The quantitative estimate of drug-likeness (QED) is 0.780. The van der Waals surface area contributed by atoms with E-state index in [4.69, 9.17) is 5.11 Å². The summed E-state index contributed by atoms with van der Waals surface area (Å²) in [7, 11) is 0. The number of pyridine rings is 1. The summed E-state index contributed by atoms with van der Waals surface area (Å²) in [5.41, 5.74) is -0.193. The third-order valence-corrected chi connectivity index (χ3v) is 2.46. The van der Waals surface area contributed by atoms with Crippen molar-refractivity contribution in [1.82, 2.24) is 4.98 Å². The molecule has 1 heterocycles. The standard InChI is InChI=1S/C11H9F2NO2/c1-2-5-3-6(12)4-7-8(13)10(15)11(16)14-9(5)7/h3-4,15H,2H2,1H3,(H,14,16). The zero-order valence-corrected chi connectivity index (χ0v) is 8.47. The second-order valence-corrected chi connectivity index (χ2v) is 3.46. The van der Waals surface area contributed by atoms with Gasteiger partial charge >= 0.3 is 0 Å². The topological polar surface area (TPSA) is 53.1 Å². The van der Waals surface area contributed by atoms with Crippen LogP contribution < -0.4 is 5.56 Å². The largest absolute Gasteiger partial charge is 0.501 e. The number of fused-ring (bicyclic) bond motifs is 1. The highest BCUT2D eigenvalue weighted by molar-refractivity contribution is 5.83. The molecule has 84 valence electrons. The highest BCUT2D eigenvalue weighted by Crippen LogP contribution is 2.24. The van der Waals surface area contributed by atoms with Gasteiger partial charge < -0.3 is 10.1 Å². The second kappa shape index (κ2) is 3.59. The zero-order chi connectivity index (χ0) is 11.9. The maximum absolute atomic E-state index is 13.5. The highest BCUT2D eigenvalue weighted by atomic mass is 19.1. The average Bonchev–Trinajstić information content (AvgIpc) is 2.26. The van der Waals surface area contributed by atoms with E-state index in [0.717, 1.165) is 6.07 Å². The van der Waals surface area contributed by atoms with Crippen LogP contribution in [-0.4, -0.2) is 10.1 Å². The van der Waals surface area contributed by atoms with Crippen LogP contribution in [0.2, 0.25) is 0 Å². The van der Waals surface area contributed by atoms with Crippen LogP contribution in [-0.2, 0) is 6.42 Å². The van der Waals surface area contributed by atoms with Crippen molar-refractivity contribution in [2.24, 2.45) is 0 Å². The summed E-state index contributed by atoms with van der Waals surface area (Å²) in [6, 6.07) is 2.17. The van der Waals surface area contributed by atoms with Gasteiger partial charge in [0.2, 0.25) is 5.75 Å². The predicted octanol–water partition coefficient (Wildman–Crippen LogP) is 2.07. The molecular weight excluding hydrogens is 216 g/mol. The van der Waals surface area contributed by atoms with Crippen LogP contribution in [0, 0.1) is 11.6 Å². The lowest BCUT2D eigenvalue weighted by Gasteiger charge is -2.06. The molecule has 0 saturated carbocycles. The summed E-state index contributed by atoms with van der Waals surface area (Å²) < 4.78 is 26.7. The third kappa shape index (κ3) is 1.44. The van der Waals surface area contributed by atoms with Gasteiger partial charge in [0.25, 0.3) is 5.56 Å². The Hall–Kier alpha value is -1.91. The molecule has 1 aromatic carbocycles. The van der Waals surface area contributed by atoms with Gasteiger partial charge in [-0.05, 0) is 24.1 Å². The lowest BCUT2D eigenvalue weighted by atomic mass is 10.1. The first kappa shape index (κ1) is 10.6. The SMILES string of the molecule is CCc1cc(F)cc2c(F)c(O)c(=O)[nH]c12. The number of hydrogen-bond acceptors (Lipinski definition) is 2. The number of aromatic amines is 1. The van der Waals surface area contributed by atoms with Crippen LogP contribution in [0.5, 0.6) is 5.75 Å². The molecule has 0 radical (unpaired) electrons. The number of halogens is 2. The van der Waals surface area contributed by atoms with E-state index < -0.39 is 22.9 Å². The summed E-state index contributed by atoms with van der Waals surface area (Å²) in [4.78, 5) is 13.5. The Morgan fingerprint density at radius 2 is 2.06 bits per heavy atom. The fraction of sp³-hybridized carbons (Fsp3) is 0.182. The molecule has 0 aliphatic heterocycles. The molecule has 0 saturated heterocycles. The van der Waals surface area contributed by atoms with Gasteiger partial charge in [0.05, 0.1) is 5.52 Å². The van der Waals surface area contributed by atoms with Crippen LogP contribution in [0.15, 0.2) is 16.9 Å². The monoisotopic (exact) mass is 225 g/mol. The van der Waals surface area contributed by atoms with Crippen molar-refractivity contribution in [3.8, 4) is 5.75 Å². The molecule has 0 bridgehead atoms. The number of hydrogen-bond donors (Lipinski definition) is 2. The molecule has 0 aliphatic carbocycles. The Balaban J connectivity index is 3.00. The van der Waals surface area contributed by atoms with Crippen LogP contribution in [0.3, 0.4) is 0 Å². The van der Waals surface area contributed by atoms with E-state index >= 15 is 0 Å². The van der Waals surface area contributed by atoms with Crippen molar-refractivity contribution in [2.45, 2.75) is 13.3 Å². The number of benzene rings is 1. The van der Waals surface area contributed by atoms with Gasteiger partial charge in [-0.2, -0.15) is 0 Å². The van der Waals surface area contributed by atoms with Gasteiger partial charge in [-0.15, -0.1) is 0 Å². The average molecular weight is 225 g/mol. The van der Waals surface area contributed by atoms with Crippen molar-refractivity contribution >= 4 is 10.9 Å². The second-order valence-electron chi connectivity index (χ2n) is 3.46. The molecule has 0 aliphatic rings. The molecule has 0 spiro atoms. The fourth-order valence-electron chi connectivity index (χ4n) is 1.66. The number of H-pyrrole nitrogens is 1. The molecular formula is C11H9F2NO2. The smallest absolute Gasteiger partial charge is 0.293 e. The van der Waals surface area contributed by atoms with Crippen LogP contribution >= 0.6 is 0 Å². The minimum absolute atomic E-state index is 0.117. The van der Waals surface area contributed by atoms with Crippen LogP contribution in [0.25, 0.3) is 10.9 Å². The lowest BCUT2D eigenvalue weighted by molar-refractivity contribution is 0.428. The molecule has 1 aromatic heterocycles. The molecule has 2 N–H and O–H groups in total. The molecule has 0 atom stereocenters. The Morgan fingerprint density at radius 3 is 2.69 bits per heavy atom. The Labute approximate surface area is 89.3 Å². The van der Waals surface area contributed by atoms with E-state index in [1.54, 1.807) is 6.92 Å². The minimum atomic E-state index is -1.09. The van der Waals surface area contributed by atoms with E-state index in [2.05, 4.69) is 4.98 Å². The van der Waals surface area contributed by atoms with Crippen LogP contribution in [0.1, 0.15) is 12.5 Å². The summed E-state index contributed by atoms with van der Waals surface area (Å²) in [6.07, 6.45) is 0.453. The summed E-state index contributed by atoms with van der Waals surface area (Å²) >= 11 is 0. The maximum atomic E-state index is 13.5. The molecule has 0 fully saturated rings. The van der Waals surface area contributed by atoms with E-state index in [1.165, 1.54) is 6.07 Å². The van der Waals surface area contributed by atoms with Crippen molar-refractivity contribution in [3.63, 3.8) is 0 Å². The molecule has 2 rings (SSSR count). The predicted molar refractivity (Wildman–Crippen MR) is 55.5 cm³/mol. The van der Waals surface area contributed by atoms with Crippen molar-refractivity contribution in [1.29, 1.82) is 0 Å². The minimum Gasteiger partial charge on any atom is -0.501 e. The molecule has 16 heavy (non-hydrogen) atoms. The molecule has 2 aromatic rings. The number of aryl methyl sites for hydroxylation is 1. The van der Waals surface area contributed by atoms with E-state index in [9.17, 15) is 13.6 Å². The first-order valence-electron chi connectivity index (χ1n) is 4.77. The molecule has 0 amide bonds. The summed E-state index contributed by atoms with van der Waals surface area (Å²) in [5, 5.41) is 9.00. The molecule has 5 heteroatoms. The Bertz CT molecular complexity index is 619. The normalized spacial score (nSPS) is 10.9. The van der Waals surface area contributed by atoms with Gasteiger partial charge in [-0.1, -0.05) is 6.92 Å². The first-order valence-corrected chi connectivity index (χ1v) is 4.77. The third-order valence-electron chi connectivity index (χ3n) is 2.46. The number of aromatic nitrogens is 1. The van der Waals surface area contributed by atoms with Gasteiger partial charge in [-0.3, -0.25) is 4.79 Å². The molecule has 3 nitrogen and oxygen atoms in total. The van der Waals surface area contributed by atoms with Crippen molar-refractivity contribution in [3.05, 3.63) is 39.7 Å². The maximum Gasteiger partial charge on any atom is 0.293 e. The molecule has 0 unspecified atom stereocenters. The zero-order valence-electron chi connectivity index (χ0n) is 8.47. The lowest BCUT2D eigenvalue weighted by Crippen LogP contribution is -2.09. The number of aromatic hydroxyl groups is 1. The summed E-state index contributed by atoms with van der Waals surface area (Å²) in [5.74, 6) is -2.71. The van der Waals surface area contributed by atoms with Gasteiger partial charge in [-0.25, -0.2) is 8.78 Å². The highest BCUT2D eigenvalue weighted by Gasteiger charge is 2.14. The first-order chi connectivity index (χ1) is 7.54. The van der Waals surface area contributed by atoms with E-state index in [-0.39, 0.29) is 10.9 Å². The van der Waals surface area contributed by atoms with E-state index in [1.807, 2.05) is 0 Å². The van der Waals surface area contributed by atoms with Crippen molar-refractivity contribution in [2.75, 3.05) is 0 Å². The number of rotatable bonds is 1. The number of nitrogens with one attached hydrogen (secondary N) is 1. The van der Waals surface area contributed by atoms with E-state index in [0.29, 0.717) is 12.0 Å². The van der Waals surface area contributed by atoms with Gasteiger partial charge in [0.1, 0.15) is 5.82 Å². The summed E-state index contributed by atoms with van der Waals surface area (Å²) in [6.45, 7) is 1.76. The Kier molecular flexibility index (Phi) is 2.38. The van der Waals surface area contributed by atoms with Gasteiger partial charge in [0.15, 0.2) is 5.82 Å². The fourth-order valence-corrected chi connectivity index (χ4v) is 1.66.